The molecule has 2 heteroatoms. The maximum absolute atomic E-state index is 9.76. The fourth-order valence-corrected chi connectivity index (χ4v) is 2.10. The first kappa shape index (κ1) is 10.0. The van der Waals surface area contributed by atoms with Crippen LogP contribution >= 0.6 is 0 Å². The lowest BCUT2D eigenvalue weighted by molar-refractivity contribution is -0.0353. The highest BCUT2D eigenvalue weighted by molar-refractivity contribution is 4.81. The second-order valence-corrected chi connectivity index (χ2v) is 4.09. The zero-order chi connectivity index (χ0) is 9.14. The summed E-state index contributed by atoms with van der Waals surface area (Å²) in [4.78, 5) is 0. The molecule has 1 aliphatic carbocycles. The van der Waals surface area contributed by atoms with E-state index >= 15 is 0 Å². The molecule has 4 atom stereocenters. The summed E-state index contributed by atoms with van der Waals surface area (Å²) in [5.41, 5.74) is 0. The Morgan fingerprint density at radius 2 is 2.08 bits per heavy atom. The van der Waals surface area contributed by atoms with Gasteiger partial charge in [-0.1, -0.05) is 13.3 Å². The smallest absolute Gasteiger partial charge is 0.0596 e. The van der Waals surface area contributed by atoms with Crippen LogP contribution in [0.5, 0.6) is 0 Å². The summed E-state index contributed by atoms with van der Waals surface area (Å²) < 4.78 is 5.24. The van der Waals surface area contributed by atoms with Gasteiger partial charge in [-0.2, -0.15) is 0 Å². The van der Waals surface area contributed by atoms with Gasteiger partial charge in [-0.25, -0.2) is 0 Å². The van der Waals surface area contributed by atoms with Gasteiger partial charge in [0.2, 0.25) is 0 Å². The lowest BCUT2D eigenvalue weighted by atomic mass is 9.78. The monoisotopic (exact) mass is 172 g/mol. The van der Waals surface area contributed by atoms with E-state index in [-0.39, 0.29) is 12.2 Å². The van der Waals surface area contributed by atoms with E-state index < -0.39 is 0 Å². The molecule has 0 aromatic heterocycles. The van der Waals surface area contributed by atoms with Gasteiger partial charge in [0, 0.05) is 13.0 Å². The highest BCUT2D eigenvalue weighted by Crippen LogP contribution is 2.31. The number of methoxy groups -OCH3 is 1. The van der Waals surface area contributed by atoms with E-state index in [1.165, 1.54) is 6.42 Å². The van der Waals surface area contributed by atoms with E-state index in [1.807, 2.05) is 6.92 Å². The molecule has 72 valence electrons. The number of ether oxygens (including phenoxy) is 1. The minimum absolute atomic E-state index is 0.149. The summed E-state index contributed by atoms with van der Waals surface area (Å²) >= 11 is 0. The van der Waals surface area contributed by atoms with Crippen molar-refractivity contribution in [3.05, 3.63) is 0 Å². The molecule has 0 saturated heterocycles. The summed E-state index contributed by atoms with van der Waals surface area (Å²) in [6.07, 6.45) is 3.33. The van der Waals surface area contributed by atoms with Gasteiger partial charge in [-0.3, -0.25) is 0 Å². The van der Waals surface area contributed by atoms with Crippen molar-refractivity contribution in [3.63, 3.8) is 0 Å². The van der Waals surface area contributed by atoms with Gasteiger partial charge in [-0.15, -0.1) is 0 Å². The van der Waals surface area contributed by atoms with Gasteiger partial charge in [0.15, 0.2) is 0 Å². The zero-order valence-electron chi connectivity index (χ0n) is 8.29. The van der Waals surface area contributed by atoms with Crippen molar-refractivity contribution in [3.8, 4) is 0 Å². The first-order chi connectivity index (χ1) is 5.65. The van der Waals surface area contributed by atoms with E-state index in [0.717, 1.165) is 12.8 Å². The summed E-state index contributed by atoms with van der Waals surface area (Å²) in [5.74, 6) is 1.03. The first-order valence-corrected chi connectivity index (χ1v) is 4.86. The first-order valence-electron chi connectivity index (χ1n) is 4.86. The third-order valence-electron chi connectivity index (χ3n) is 3.11. The summed E-state index contributed by atoms with van der Waals surface area (Å²) in [6, 6.07) is 0. The molecule has 0 radical (unpaired) electrons. The molecule has 1 fully saturated rings. The van der Waals surface area contributed by atoms with Crippen LogP contribution in [0.15, 0.2) is 0 Å². The van der Waals surface area contributed by atoms with Gasteiger partial charge >= 0.3 is 0 Å². The van der Waals surface area contributed by atoms with Crippen LogP contribution < -0.4 is 0 Å². The standard InChI is InChI=1S/C10H20O2/c1-7-4-5-9(8(2)12-3)10(11)6-7/h7-11H,4-6H2,1-3H3. The Hall–Kier alpha value is -0.0800. The third-order valence-corrected chi connectivity index (χ3v) is 3.11. The SMILES string of the molecule is COC(C)C1CCC(C)CC1O. The second-order valence-electron chi connectivity index (χ2n) is 4.09. The lowest BCUT2D eigenvalue weighted by Crippen LogP contribution is -2.36. The van der Waals surface area contributed by atoms with Crippen molar-refractivity contribution in [2.75, 3.05) is 7.11 Å². The van der Waals surface area contributed by atoms with Gasteiger partial charge < -0.3 is 9.84 Å². The molecule has 0 heterocycles. The van der Waals surface area contributed by atoms with E-state index in [1.54, 1.807) is 7.11 Å². The molecular formula is C10H20O2. The molecule has 1 saturated carbocycles. The van der Waals surface area contributed by atoms with Crippen molar-refractivity contribution < 1.29 is 9.84 Å². The quantitative estimate of drug-likeness (QED) is 0.688. The van der Waals surface area contributed by atoms with Crippen LogP contribution in [-0.4, -0.2) is 24.4 Å². The lowest BCUT2D eigenvalue weighted by Gasteiger charge is -2.34. The van der Waals surface area contributed by atoms with Crippen LogP contribution in [0.25, 0.3) is 0 Å². The van der Waals surface area contributed by atoms with Crippen LogP contribution in [-0.2, 0) is 4.74 Å². The van der Waals surface area contributed by atoms with Crippen LogP contribution in [0.1, 0.15) is 33.1 Å². The predicted molar refractivity (Wildman–Crippen MR) is 49.0 cm³/mol. The van der Waals surface area contributed by atoms with Crippen molar-refractivity contribution >= 4 is 0 Å². The number of hydrogen-bond acceptors (Lipinski definition) is 2. The number of hydrogen-bond donors (Lipinski definition) is 1. The Morgan fingerprint density at radius 1 is 1.42 bits per heavy atom. The van der Waals surface area contributed by atoms with Crippen molar-refractivity contribution in [1.29, 1.82) is 0 Å². The van der Waals surface area contributed by atoms with E-state index in [2.05, 4.69) is 6.92 Å². The highest BCUT2D eigenvalue weighted by atomic mass is 16.5. The summed E-state index contributed by atoms with van der Waals surface area (Å²) in [6.45, 7) is 4.25. The van der Waals surface area contributed by atoms with Crippen LogP contribution in [0.4, 0.5) is 0 Å². The van der Waals surface area contributed by atoms with Gasteiger partial charge in [0.05, 0.1) is 12.2 Å². The van der Waals surface area contributed by atoms with Crippen molar-refractivity contribution in [2.24, 2.45) is 11.8 Å². The predicted octanol–water partition coefficient (Wildman–Crippen LogP) is 1.82. The zero-order valence-corrected chi connectivity index (χ0v) is 8.29. The van der Waals surface area contributed by atoms with E-state index in [0.29, 0.717) is 11.8 Å². The van der Waals surface area contributed by atoms with E-state index in [9.17, 15) is 5.11 Å². The van der Waals surface area contributed by atoms with Crippen LogP contribution in [0.2, 0.25) is 0 Å². The van der Waals surface area contributed by atoms with Crippen LogP contribution in [0.3, 0.4) is 0 Å². The topological polar surface area (TPSA) is 29.5 Å². The van der Waals surface area contributed by atoms with Crippen molar-refractivity contribution in [2.45, 2.75) is 45.3 Å². The normalized spacial score (nSPS) is 39.5. The van der Waals surface area contributed by atoms with Gasteiger partial charge in [0.1, 0.15) is 0 Å². The molecule has 0 aliphatic heterocycles. The molecule has 1 N–H and O–H groups in total. The molecule has 0 amide bonds. The molecule has 12 heavy (non-hydrogen) atoms. The van der Waals surface area contributed by atoms with E-state index in [4.69, 9.17) is 4.74 Å². The fraction of sp³-hybridized carbons (Fsp3) is 1.00. The maximum Gasteiger partial charge on any atom is 0.0596 e. The number of aliphatic hydroxyl groups excluding tert-OH is 1. The minimum Gasteiger partial charge on any atom is -0.393 e. The molecular weight excluding hydrogens is 152 g/mol. The largest absolute Gasteiger partial charge is 0.393 e. The Morgan fingerprint density at radius 3 is 2.58 bits per heavy atom. The maximum atomic E-state index is 9.76. The number of aliphatic hydroxyl groups is 1. The van der Waals surface area contributed by atoms with Gasteiger partial charge in [-0.05, 0) is 25.7 Å². The summed E-state index contributed by atoms with van der Waals surface area (Å²) in [5, 5.41) is 9.76. The average Bonchev–Trinajstić information content (AvgIpc) is 2.03. The van der Waals surface area contributed by atoms with Gasteiger partial charge in [0.25, 0.3) is 0 Å². The average molecular weight is 172 g/mol. The highest BCUT2D eigenvalue weighted by Gasteiger charge is 2.30. The molecule has 0 bridgehead atoms. The molecule has 0 aromatic rings. The molecule has 4 unspecified atom stereocenters. The van der Waals surface area contributed by atoms with Crippen LogP contribution in [0, 0.1) is 11.8 Å². The Bertz CT molecular complexity index is 136. The fourth-order valence-electron chi connectivity index (χ4n) is 2.10. The minimum atomic E-state index is -0.149. The molecule has 2 nitrogen and oxygen atoms in total. The molecule has 1 rings (SSSR count). The third kappa shape index (κ3) is 2.20. The van der Waals surface area contributed by atoms with Crippen molar-refractivity contribution in [1.82, 2.24) is 0 Å². The number of rotatable bonds is 2. The Kier molecular flexibility index (Phi) is 3.53. The molecule has 0 aromatic carbocycles. The molecule has 1 aliphatic rings. The summed E-state index contributed by atoms with van der Waals surface area (Å²) in [7, 11) is 1.72. The Balaban J connectivity index is 2.44. The Labute approximate surface area is 74.9 Å². The molecule has 0 spiro atoms. The second kappa shape index (κ2) is 4.24.